The molecule has 8 heteroatoms. The molecule has 0 heterocycles. The summed E-state index contributed by atoms with van der Waals surface area (Å²) in [5, 5.41) is 58.9. The first kappa shape index (κ1) is 29.7. The second-order valence-corrected chi connectivity index (χ2v) is 12.8. The predicted octanol–water partition coefficient (Wildman–Crippen LogP) is 4.88. The number of hydrogen-bond donors (Lipinski definition) is 5. The van der Waals surface area contributed by atoms with E-state index >= 15 is 0 Å². The molecule has 42 heavy (non-hydrogen) atoms. The summed E-state index contributed by atoms with van der Waals surface area (Å²) in [6.45, 7) is 7.58. The van der Waals surface area contributed by atoms with Crippen LogP contribution in [0.5, 0.6) is 5.75 Å². The molecule has 2 aromatic carbocycles. The summed E-state index contributed by atoms with van der Waals surface area (Å²) in [6.07, 6.45) is 0.102. The molecule has 0 radical (unpaired) electrons. The van der Waals surface area contributed by atoms with Gasteiger partial charge in [0.15, 0.2) is 17.2 Å². The number of aromatic hydroxyl groups is 1. The molecule has 3 aliphatic carbocycles. The van der Waals surface area contributed by atoms with E-state index in [1.165, 1.54) is 13.0 Å². The number of phenols is 1. The van der Waals surface area contributed by atoms with Crippen LogP contribution in [-0.2, 0) is 16.0 Å². The molecule has 3 aliphatic rings. The molecule has 0 saturated heterocycles. The predicted molar refractivity (Wildman–Crippen MR) is 155 cm³/mol. The van der Waals surface area contributed by atoms with E-state index in [0.29, 0.717) is 24.8 Å². The van der Waals surface area contributed by atoms with E-state index in [2.05, 4.69) is 0 Å². The highest BCUT2D eigenvalue weighted by Crippen LogP contribution is 2.68. The Morgan fingerprint density at radius 2 is 1.62 bits per heavy atom. The molecule has 2 aromatic rings. The van der Waals surface area contributed by atoms with E-state index in [4.69, 9.17) is 0 Å². The maximum Gasteiger partial charge on any atom is 0.209 e. The van der Waals surface area contributed by atoms with Crippen molar-refractivity contribution in [2.24, 2.45) is 22.7 Å². The Hall–Kier alpha value is -3.75. The van der Waals surface area contributed by atoms with Gasteiger partial charge in [0.2, 0.25) is 5.78 Å². The lowest BCUT2D eigenvalue weighted by Crippen LogP contribution is -2.73. The van der Waals surface area contributed by atoms with Crippen LogP contribution >= 0.6 is 0 Å². The average Bonchev–Trinajstić information content (AvgIpc) is 2.92. The number of aryl methyl sites for hydroxylation is 1. The summed E-state index contributed by atoms with van der Waals surface area (Å²) in [7, 11) is 0. The fourth-order valence-electron chi connectivity index (χ4n) is 8.35. The van der Waals surface area contributed by atoms with E-state index in [1.54, 1.807) is 32.9 Å². The van der Waals surface area contributed by atoms with E-state index in [1.807, 2.05) is 30.3 Å². The van der Waals surface area contributed by atoms with Crippen molar-refractivity contribution in [1.29, 1.82) is 0 Å². The van der Waals surface area contributed by atoms with Crippen LogP contribution in [0.15, 0.2) is 71.2 Å². The standard InChI is InChI=1S/C34H38O8/c1-17(2)25-27(37)23(18(3)35)29(39)34(42)30(40)26-28(38)24-20(14-10-16-22(24)36)21(32(26,4)31(41)33(25,34)5)15-9-13-19-11-7-6-8-12-19/h6-8,10-12,14,16-17,21,25,31,36-37,40-42H,9,13,15H2,1-5H3/t21-,25?,31-,32+,33+,34+/m1/s1. The summed E-state index contributed by atoms with van der Waals surface area (Å²) in [4.78, 5) is 40.7. The van der Waals surface area contributed by atoms with E-state index in [-0.39, 0.29) is 16.9 Å². The van der Waals surface area contributed by atoms with Crippen molar-refractivity contribution in [2.75, 3.05) is 0 Å². The fraction of sp³-hybridized carbons (Fsp3) is 0.441. The first-order valence-electron chi connectivity index (χ1n) is 14.4. The zero-order valence-corrected chi connectivity index (χ0v) is 24.5. The summed E-state index contributed by atoms with van der Waals surface area (Å²) in [6, 6.07) is 14.5. The second-order valence-electron chi connectivity index (χ2n) is 12.8. The number of fused-ring (bicyclic) bond motifs is 3. The Balaban J connectivity index is 1.79. The van der Waals surface area contributed by atoms with Crippen molar-refractivity contribution in [2.45, 2.75) is 71.5 Å². The molecule has 6 atom stereocenters. The van der Waals surface area contributed by atoms with Crippen LogP contribution in [0.25, 0.3) is 0 Å². The highest BCUT2D eigenvalue weighted by atomic mass is 16.4. The van der Waals surface area contributed by atoms with Gasteiger partial charge in [0.05, 0.1) is 17.2 Å². The Morgan fingerprint density at radius 1 is 0.976 bits per heavy atom. The molecule has 0 spiro atoms. The third-order valence-corrected chi connectivity index (χ3v) is 10.2. The Morgan fingerprint density at radius 3 is 2.21 bits per heavy atom. The van der Waals surface area contributed by atoms with Crippen LogP contribution in [0.1, 0.15) is 74.9 Å². The summed E-state index contributed by atoms with van der Waals surface area (Å²) >= 11 is 0. The van der Waals surface area contributed by atoms with Crippen molar-refractivity contribution in [3.63, 3.8) is 0 Å². The number of aliphatic hydroxyl groups is 4. The number of benzene rings is 2. The molecule has 222 valence electrons. The number of Topliss-reactive ketones (excluding diaryl/α,β-unsaturated/α-hetero) is 3. The summed E-state index contributed by atoms with van der Waals surface area (Å²) in [5.74, 6) is -6.96. The number of hydrogen-bond acceptors (Lipinski definition) is 8. The molecule has 0 aliphatic heterocycles. The Labute approximate surface area is 245 Å². The van der Waals surface area contributed by atoms with Crippen LogP contribution in [-0.4, -0.2) is 54.6 Å². The third-order valence-electron chi connectivity index (χ3n) is 10.2. The second kappa shape index (κ2) is 9.92. The van der Waals surface area contributed by atoms with Gasteiger partial charge in [0.25, 0.3) is 0 Å². The lowest BCUT2D eigenvalue weighted by atomic mass is 9.41. The van der Waals surface area contributed by atoms with Gasteiger partial charge in [-0.1, -0.05) is 70.2 Å². The number of carbonyl (C=O) groups is 3. The topological polar surface area (TPSA) is 152 Å². The quantitative estimate of drug-likeness (QED) is 0.306. The van der Waals surface area contributed by atoms with E-state index in [9.17, 15) is 39.9 Å². The molecular formula is C34H38O8. The van der Waals surface area contributed by atoms with Gasteiger partial charge in [-0.3, -0.25) is 14.4 Å². The molecular weight excluding hydrogens is 536 g/mol. The number of aliphatic hydroxyl groups excluding tert-OH is 3. The van der Waals surface area contributed by atoms with Crippen molar-refractivity contribution in [3.05, 3.63) is 87.9 Å². The zero-order chi connectivity index (χ0) is 30.9. The van der Waals surface area contributed by atoms with Crippen LogP contribution in [0.2, 0.25) is 0 Å². The smallest absolute Gasteiger partial charge is 0.209 e. The Bertz CT molecular complexity index is 1550. The van der Waals surface area contributed by atoms with Gasteiger partial charge in [0.1, 0.15) is 22.8 Å². The van der Waals surface area contributed by atoms with Crippen LogP contribution in [0, 0.1) is 22.7 Å². The van der Waals surface area contributed by atoms with Crippen LogP contribution in [0.4, 0.5) is 0 Å². The maximum absolute atomic E-state index is 14.2. The SMILES string of the molecule is CC(=O)C1=C(O)C(C(C)C)[C@@]2(C)[C@H](O)[C@]3(C)C(=C(O)[C@@]2(O)C1=O)C(=O)c1c(O)cccc1[C@H]3CCCc1ccccc1. The molecule has 0 amide bonds. The van der Waals surface area contributed by atoms with Gasteiger partial charge in [-0.25, -0.2) is 0 Å². The van der Waals surface area contributed by atoms with Crippen molar-refractivity contribution < 1.29 is 39.9 Å². The Kier molecular flexibility index (Phi) is 7.02. The van der Waals surface area contributed by atoms with Gasteiger partial charge < -0.3 is 25.5 Å². The zero-order valence-electron chi connectivity index (χ0n) is 24.5. The first-order chi connectivity index (χ1) is 19.7. The van der Waals surface area contributed by atoms with Gasteiger partial charge >= 0.3 is 0 Å². The first-order valence-corrected chi connectivity index (χ1v) is 14.4. The van der Waals surface area contributed by atoms with Crippen LogP contribution < -0.4 is 0 Å². The number of phenolic OH excluding ortho intramolecular Hbond substituents is 1. The van der Waals surface area contributed by atoms with Gasteiger partial charge in [0, 0.05) is 16.7 Å². The van der Waals surface area contributed by atoms with Gasteiger partial charge in [-0.15, -0.1) is 0 Å². The number of carbonyl (C=O) groups excluding carboxylic acids is 3. The molecule has 8 nitrogen and oxygen atoms in total. The van der Waals surface area contributed by atoms with Crippen molar-refractivity contribution in [3.8, 4) is 5.75 Å². The molecule has 5 N–H and O–H groups in total. The average molecular weight is 575 g/mol. The molecule has 0 aromatic heterocycles. The van der Waals surface area contributed by atoms with Crippen molar-refractivity contribution >= 4 is 17.3 Å². The normalized spacial score (nSPS) is 32.5. The van der Waals surface area contributed by atoms with Gasteiger partial charge in [-0.2, -0.15) is 0 Å². The lowest BCUT2D eigenvalue weighted by molar-refractivity contribution is -0.212. The minimum Gasteiger partial charge on any atom is -0.511 e. The lowest BCUT2D eigenvalue weighted by Gasteiger charge is -2.63. The molecule has 0 saturated carbocycles. The third kappa shape index (κ3) is 3.64. The summed E-state index contributed by atoms with van der Waals surface area (Å²) in [5.41, 5.74) is -5.87. The van der Waals surface area contributed by atoms with E-state index in [0.717, 1.165) is 12.5 Å². The molecule has 0 bridgehead atoms. The van der Waals surface area contributed by atoms with E-state index < -0.39 is 74.7 Å². The molecule has 0 fully saturated rings. The fourth-order valence-corrected chi connectivity index (χ4v) is 8.35. The minimum atomic E-state index is -2.89. The number of allylic oxidation sites excluding steroid dienone is 1. The molecule has 1 unspecified atom stereocenters. The number of ketones is 3. The van der Waals surface area contributed by atoms with Gasteiger partial charge in [-0.05, 0) is 55.2 Å². The largest absolute Gasteiger partial charge is 0.511 e. The highest BCUT2D eigenvalue weighted by Gasteiger charge is 2.76. The van der Waals surface area contributed by atoms with Crippen molar-refractivity contribution in [1.82, 2.24) is 0 Å². The van der Waals surface area contributed by atoms with Crippen LogP contribution in [0.3, 0.4) is 0 Å². The monoisotopic (exact) mass is 574 g/mol. The summed E-state index contributed by atoms with van der Waals surface area (Å²) < 4.78 is 0. The molecule has 5 rings (SSSR count). The number of rotatable bonds is 6. The maximum atomic E-state index is 14.2. The minimum absolute atomic E-state index is 0.0607. The highest BCUT2D eigenvalue weighted by molar-refractivity contribution is 6.25.